The molecule has 24 heavy (non-hydrogen) atoms. The molecule has 0 bridgehead atoms. The molecule has 2 aromatic carbocycles. The van der Waals surface area contributed by atoms with Crippen molar-refractivity contribution in [2.24, 2.45) is 0 Å². The Hall–Kier alpha value is -2.41. The third kappa shape index (κ3) is 7.23. The van der Waals surface area contributed by atoms with Crippen LogP contribution in [0.5, 0.6) is 0 Å². The van der Waals surface area contributed by atoms with Crippen LogP contribution in [0.1, 0.15) is 35.3 Å². The van der Waals surface area contributed by atoms with Gasteiger partial charge in [-0.05, 0) is 23.8 Å². The molecule has 0 aliphatic carbocycles. The third-order valence-electron chi connectivity index (χ3n) is 2.55. The molecule has 0 atom stereocenters. The minimum atomic E-state index is -4.80. The predicted molar refractivity (Wildman–Crippen MR) is 82.1 cm³/mol. The van der Waals surface area contributed by atoms with Crippen molar-refractivity contribution in [3.63, 3.8) is 0 Å². The smallest absolute Gasteiger partial charge is 0.419 e. The molecule has 0 saturated heterocycles. The summed E-state index contributed by atoms with van der Waals surface area (Å²) in [5.41, 5.74) is -1.02. The zero-order chi connectivity index (χ0) is 18.8. The van der Waals surface area contributed by atoms with Crippen LogP contribution >= 0.6 is 0 Å². The number of halogens is 4. The number of hydrogen-bond donors (Lipinski definition) is 2. The molecule has 0 radical (unpaired) electrons. The van der Waals surface area contributed by atoms with Gasteiger partial charge in [-0.1, -0.05) is 44.2 Å². The molecule has 2 aromatic rings. The van der Waals surface area contributed by atoms with Crippen LogP contribution in [-0.2, 0) is 12.8 Å². The van der Waals surface area contributed by atoms with Crippen molar-refractivity contribution in [2.45, 2.75) is 26.6 Å². The molecule has 0 aromatic heterocycles. The second kappa shape index (κ2) is 10.4. The molecule has 2 N–H and O–H groups in total. The summed E-state index contributed by atoms with van der Waals surface area (Å²) in [5.74, 6) is -3.06. The van der Waals surface area contributed by atoms with E-state index in [1.54, 1.807) is 0 Å². The fraction of sp³-hybridized carbons (Fsp3) is 0.235. The summed E-state index contributed by atoms with van der Waals surface area (Å²) in [5, 5.41) is 16.9. The van der Waals surface area contributed by atoms with E-state index in [1.807, 2.05) is 44.2 Å². The molecule has 7 heteroatoms. The van der Waals surface area contributed by atoms with E-state index in [9.17, 15) is 22.4 Å². The molecule has 0 amide bonds. The normalized spacial score (nSPS) is 9.96. The summed E-state index contributed by atoms with van der Waals surface area (Å²) in [4.78, 5) is 10.3. The van der Waals surface area contributed by atoms with Crippen molar-refractivity contribution in [1.82, 2.24) is 0 Å². The van der Waals surface area contributed by atoms with E-state index in [1.165, 1.54) is 0 Å². The number of rotatable bonds is 2. The van der Waals surface area contributed by atoms with E-state index < -0.39 is 29.1 Å². The number of aliphatic hydroxyl groups excluding tert-OH is 1. The Kier molecular flexibility index (Phi) is 9.34. The van der Waals surface area contributed by atoms with Gasteiger partial charge in [-0.3, -0.25) is 0 Å². The molecular weight excluding hydrogens is 328 g/mol. The average Bonchev–Trinajstić information content (AvgIpc) is 2.56. The van der Waals surface area contributed by atoms with Crippen molar-refractivity contribution >= 4 is 5.97 Å². The van der Waals surface area contributed by atoms with Crippen molar-refractivity contribution in [3.8, 4) is 0 Å². The Bertz CT molecular complexity index is 625. The first-order valence-corrected chi connectivity index (χ1v) is 7.00. The summed E-state index contributed by atoms with van der Waals surface area (Å²) < 4.78 is 48.7. The maximum absolute atomic E-state index is 12.7. The van der Waals surface area contributed by atoms with E-state index in [2.05, 4.69) is 0 Å². The quantitative estimate of drug-likeness (QED) is 0.772. The van der Waals surface area contributed by atoms with Crippen LogP contribution in [-0.4, -0.2) is 16.2 Å². The molecular formula is C17H18F4O3. The number of aliphatic hydroxyl groups is 1. The second-order valence-electron chi connectivity index (χ2n) is 4.14. The van der Waals surface area contributed by atoms with Gasteiger partial charge in [0.05, 0.1) is 17.7 Å². The Morgan fingerprint density at radius 1 is 1.04 bits per heavy atom. The van der Waals surface area contributed by atoms with E-state index in [4.69, 9.17) is 10.2 Å². The lowest BCUT2D eigenvalue weighted by molar-refractivity contribution is -0.140. The van der Waals surface area contributed by atoms with Gasteiger partial charge >= 0.3 is 12.1 Å². The molecule has 0 heterocycles. The van der Waals surface area contributed by atoms with E-state index in [0.717, 1.165) is 5.56 Å². The fourth-order valence-electron chi connectivity index (χ4n) is 1.46. The molecule has 2 rings (SSSR count). The molecule has 0 spiro atoms. The Morgan fingerprint density at radius 2 is 1.58 bits per heavy atom. The third-order valence-corrected chi connectivity index (χ3v) is 2.55. The number of aromatic carboxylic acids is 1. The van der Waals surface area contributed by atoms with Crippen molar-refractivity contribution < 1.29 is 32.6 Å². The lowest BCUT2D eigenvalue weighted by Crippen LogP contribution is -2.09. The highest BCUT2D eigenvalue weighted by atomic mass is 19.4. The summed E-state index contributed by atoms with van der Waals surface area (Å²) in [6.45, 7) is 4.14. The first kappa shape index (κ1) is 21.6. The highest BCUT2D eigenvalue weighted by molar-refractivity contribution is 5.87. The van der Waals surface area contributed by atoms with Crippen LogP contribution in [0.25, 0.3) is 0 Å². The number of carboxylic acid groups (broad SMARTS) is 1. The molecule has 0 aliphatic rings. The van der Waals surface area contributed by atoms with Gasteiger partial charge in [0, 0.05) is 0 Å². The van der Waals surface area contributed by atoms with Crippen LogP contribution in [0.2, 0.25) is 0 Å². The number of carboxylic acids is 1. The highest BCUT2D eigenvalue weighted by Crippen LogP contribution is 2.31. The summed E-state index contributed by atoms with van der Waals surface area (Å²) in [6, 6.07) is 11.0. The van der Waals surface area contributed by atoms with E-state index in [0.29, 0.717) is 18.2 Å². The van der Waals surface area contributed by atoms with Crippen molar-refractivity contribution in [2.75, 3.05) is 0 Å². The maximum Gasteiger partial charge on any atom is 0.419 e. The molecule has 0 unspecified atom stereocenters. The lowest BCUT2D eigenvalue weighted by atomic mass is 10.1. The van der Waals surface area contributed by atoms with Gasteiger partial charge in [0.15, 0.2) is 0 Å². The molecule has 3 nitrogen and oxygen atoms in total. The van der Waals surface area contributed by atoms with Gasteiger partial charge in [-0.2, -0.15) is 13.2 Å². The number of alkyl halides is 3. The minimum Gasteiger partial charge on any atom is -0.478 e. The van der Waals surface area contributed by atoms with Gasteiger partial charge in [-0.15, -0.1) is 0 Å². The van der Waals surface area contributed by atoms with Gasteiger partial charge in [0.2, 0.25) is 0 Å². The fourth-order valence-corrected chi connectivity index (χ4v) is 1.46. The van der Waals surface area contributed by atoms with Crippen LogP contribution in [0.4, 0.5) is 17.6 Å². The van der Waals surface area contributed by atoms with Crippen LogP contribution in [0.3, 0.4) is 0 Å². The molecule has 0 aliphatic heterocycles. The summed E-state index contributed by atoms with van der Waals surface area (Å²) in [7, 11) is 0. The monoisotopic (exact) mass is 346 g/mol. The lowest BCUT2D eigenvalue weighted by Gasteiger charge is -2.07. The minimum absolute atomic E-state index is 0.140. The highest BCUT2D eigenvalue weighted by Gasteiger charge is 2.34. The number of benzene rings is 2. The zero-order valence-corrected chi connectivity index (χ0v) is 13.1. The largest absolute Gasteiger partial charge is 0.478 e. The molecule has 0 saturated carbocycles. The zero-order valence-electron chi connectivity index (χ0n) is 13.1. The van der Waals surface area contributed by atoms with Gasteiger partial charge < -0.3 is 10.2 Å². The standard InChI is InChI=1S/C8H4F4O2.C7H8O.C2H6/c9-6-3-4(7(13)14)1-2-5(6)8(10,11)12;8-6-7-4-2-1-3-5-7;1-2/h1-3H,(H,13,14);1-5,8H,6H2;1-2H3. The summed E-state index contributed by atoms with van der Waals surface area (Å²) in [6.07, 6.45) is -4.80. The number of carbonyl (C=O) groups is 1. The van der Waals surface area contributed by atoms with Gasteiger partial charge in [-0.25, -0.2) is 9.18 Å². The Balaban J connectivity index is 0.000000447. The Morgan fingerprint density at radius 3 is 1.92 bits per heavy atom. The maximum atomic E-state index is 12.7. The average molecular weight is 346 g/mol. The molecule has 0 fully saturated rings. The second-order valence-corrected chi connectivity index (χ2v) is 4.14. The van der Waals surface area contributed by atoms with E-state index in [-0.39, 0.29) is 6.61 Å². The topological polar surface area (TPSA) is 57.5 Å². The van der Waals surface area contributed by atoms with Gasteiger partial charge in [0.1, 0.15) is 5.82 Å². The first-order chi connectivity index (χ1) is 11.3. The number of hydrogen-bond acceptors (Lipinski definition) is 2. The SMILES string of the molecule is CC.O=C(O)c1ccc(C(F)(F)F)c(F)c1.OCc1ccccc1. The van der Waals surface area contributed by atoms with Crippen LogP contribution in [0.15, 0.2) is 48.5 Å². The first-order valence-electron chi connectivity index (χ1n) is 7.00. The Labute approximate surface area is 137 Å². The van der Waals surface area contributed by atoms with E-state index >= 15 is 0 Å². The summed E-state index contributed by atoms with van der Waals surface area (Å²) >= 11 is 0. The predicted octanol–water partition coefficient (Wildman–Crippen LogP) is 4.75. The van der Waals surface area contributed by atoms with Crippen molar-refractivity contribution in [1.29, 1.82) is 0 Å². The van der Waals surface area contributed by atoms with Crippen LogP contribution in [0, 0.1) is 5.82 Å². The van der Waals surface area contributed by atoms with Gasteiger partial charge in [0.25, 0.3) is 0 Å². The molecule has 132 valence electrons. The van der Waals surface area contributed by atoms with Crippen molar-refractivity contribution in [3.05, 3.63) is 71.0 Å². The van der Waals surface area contributed by atoms with Crippen LogP contribution < -0.4 is 0 Å².